The van der Waals surface area contributed by atoms with Crippen LogP contribution in [0, 0.1) is 6.92 Å². The zero-order valence-corrected chi connectivity index (χ0v) is 21.0. The standard InChI is InChI=1S/C25H29ClN4O2S/c1-16-14-18(15-20(26)27-16)23(31)29-12-10-19(11-13-29)28-21-22(17-8-6-5-7-9-17)33-30(24(21)32)25(2,3)4/h5-9,14-15,19,28H,10-13H2,1-4H3. The SMILES string of the molecule is Cc1cc(C(=O)N2CCC(Nc3c(-c4ccccc4)sn(C(C)(C)C)c3=O)CC2)cc(Cl)n1. The summed E-state index contributed by atoms with van der Waals surface area (Å²) in [5.74, 6) is -0.0311. The average molecular weight is 485 g/mol. The Balaban J connectivity index is 1.52. The van der Waals surface area contributed by atoms with Gasteiger partial charge in [0.05, 0.1) is 10.4 Å². The Bertz CT molecular complexity index is 1190. The first-order valence-corrected chi connectivity index (χ1v) is 12.3. The molecule has 3 aromatic rings. The molecule has 6 nitrogen and oxygen atoms in total. The lowest BCUT2D eigenvalue weighted by Gasteiger charge is -2.33. The summed E-state index contributed by atoms with van der Waals surface area (Å²) >= 11 is 7.54. The predicted octanol–water partition coefficient (Wildman–Crippen LogP) is 5.41. The third-order valence-electron chi connectivity index (χ3n) is 5.75. The molecule has 0 spiro atoms. The van der Waals surface area contributed by atoms with Gasteiger partial charge in [0.15, 0.2) is 0 Å². The van der Waals surface area contributed by atoms with Crippen LogP contribution in [-0.2, 0) is 5.54 Å². The van der Waals surface area contributed by atoms with Gasteiger partial charge in [-0.25, -0.2) is 4.98 Å². The monoisotopic (exact) mass is 484 g/mol. The summed E-state index contributed by atoms with van der Waals surface area (Å²) in [5.41, 5.74) is 2.68. The highest BCUT2D eigenvalue weighted by atomic mass is 35.5. The van der Waals surface area contributed by atoms with Crippen molar-refractivity contribution in [1.82, 2.24) is 13.8 Å². The number of nitrogens with one attached hydrogen (secondary N) is 1. The minimum atomic E-state index is -0.301. The van der Waals surface area contributed by atoms with Crippen molar-refractivity contribution in [3.05, 3.63) is 69.2 Å². The van der Waals surface area contributed by atoms with Gasteiger partial charge in [-0.15, -0.1) is 0 Å². The van der Waals surface area contributed by atoms with Crippen LogP contribution >= 0.6 is 23.1 Å². The summed E-state index contributed by atoms with van der Waals surface area (Å²) in [6.45, 7) is 9.19. The summed E-state index contributed by atoms with van der Waals surface area (Å²) in [4.78, 5) is 33.2. The molecule has 2 aromatic heterocycles. The lowest BCUT2D eigenvalue weighted by Crippen LogP contribution is -2.43. The van der Waals surface area contributed by atoms with Crippen molar-refractivity contribution >= 4 is 34.7 Å². The number of benzene rings is 1. The van der Waals surface area contributed by atoms with Crippen LogP contribution < -0.4 is 10.9 Å². The quantitative estimate of drug-likeness (QED) is 0.503. The Morgan fingerprint density at radius 2 is 1.82 bits per heavy atom. The number of rotatable bonds is 4. The van der Waals surface area contributed by atoms with Crippen molar-refractivity contribution in [2.45, 2.75) is 52.1 Å². The minimum Gasteiger partial charge on any atom is -0.376 e. The van der Waals surface area contributed by atoms with Crippen LogP contribution in [0.4, 0.5) is 5.69 Å². The first-order chi connectivity index (χ1) is 15.6. The number of anilines is 1. The molecule has 0 unspecified atom stereocenters. The molecule has 0 saturated carbocycles. The van der Waals surface area contributed by atoms with Crippen molar-refractivity contribution in [3.8, 4) is 10.4 Å². The molecule has 0 aliphatic carbocycles. The maximum atomic E-state index is 13.3. The van der Waals surface area contributed by atoms with E-state index < -0.39 is 0 Å². The number of hydrogen-bond donors (Lipinski definition) is 1. The molecule has 174 valence electrons. The highest BCUT2D eigenvalue weighted by molar-refractivity contribution is 7.11. The second-order valence-corrected chi connectivity index (χ2v) is 10.8. The minimum absolute atomic E-state index is 0.00626. The van der Waals surface area contributed by atoms with Gasteiger partial charge in [-0.1, -0.05) is 53.5 Å². The molecule has 1 fully saturated rings. The number of carbonyl (C=O) groups is 1. The Hall–Kier alpha value is -2.64. The number of pyridine rings is 1. The van der Waals surface area contributed by atoms with Crippen molar-refractivity contribution in [1.29, 1.82) is 0 Å². The van der Waals surface area contributed by atoms with E-state index in [1.165, 1.54) is 11.5 Å². The summed E-state index contributed by atoms with van der Waals surface area (Å²) in [7, 11) is 0. The second kappa shape index (κ2) is 9.31. The Morgan fingerprint density at radius 3 is 2.42 bits per heavy atom. The highest BCUT2D eigenvalue weighted by Gasteiger charge is 2.28. The van der Waals surface area contributed by atoms with Gasteiger partial charge in [-0.2, -0.15) is 0 Å². The largest absolute Gasteiger partial charge is 0.376 e. The molecule has 33 heavy (non-hydrogen) atoms. The van der Waals surface area contributed by atoms with Gasteiger partial charge in [0, 0.05) is 30.4 Å². The molecule has 1 N–H and O–H groups in total. The highest BCUT2D eigenvalue weighted by Crippen LogP contribution is 2.34. The number of piperidine rings is 1. The smallest absolute Gasteiger partial charge is 0.285 e. The molecular weight excluding hydrogens is 456 g/mol. The van der Waals surface area contributed by atoms with E-state index in [4.69, 9.17) is 11.6 Å². The lowest BCUT2D eigenvalue weighted by molar-refractivity contribution is 0.0718. The molecule has 1 aliphatic rings. The zero-order valence-electron chi connectivity index (χ0n) is 19.4. The fourth-order valence-electron chi connectivity index (χ4n) is 4.10. The molecule has 0 radical (unpaired) electrons. The lowest BCUT2D eigenvalue weighted by atomic mass is 10.0. The molecule has 3 heterocycles. The predicted molar refractivity (Wildman–Crippen MR) is 136 cm³/mol. The first-order valence-electron chi connectivity index (χ1n) is 11.2. The van der Waals surface area contributed by atoms with Gasteiger partial charge >= 0.3 is 0 Å². The summed E-state index contributed by atoms with van der Waals surface area (Å²) in [5, 5.41) is 3.86. The Morgan fingerprint density at radius 1 is 1.15 bits per heavy atom. The third kappa shape index (κ3) is 5.14. The van der Waals surface area contributed by atoms with Crippen LogP contribution in [-0.4, -0.2) is 38.9 Å². The molecule has 1 aromatic carbocycles. The maximum absolute atomic E-state index is 13.3. The van der Waals surface area contributed by atoms with Gasteiger partial charge in [0.25, 0.3) is 11.5 Å². The average Bonchev–Trinajstić information content (AvgIpc) is 3.10. The van der Waals surface area contributed by atoms with Crippen molar-refractivity contribution in [2.24, 2.45) is 0 Å². The van der Waals surface area contributed by atoms with Gasteiger partial charge in [-0.3, -0.25) is 13.5 Å². The molecule has 4 rings (SSSR count). The van der Waals surface area contributed by atoms with Crippen molar-refractivity contribution in [2.75, 3.05) is 18.4 Å². The number of carbonyl (C=O) groups excluding carboxylic acids is 1. The van der Waals surface area contributed by atoms with Gasteiger partial charge in [0.2, 0.25) is 0 Å². The number of hydrogen-bond acceptors (Lipinski definition) is 5. The van der Waals surface area contributed by atoms with E-state index >= 15 is 0 Å². The van der Waals surface area contributed by atoms with E-state index in [1.807, 2.05) is 66.9 Å². The van der Waals surface area contributed by atoms with Gasteiger partial charge < -0.3 is 10.2 Å². The van der Waals surface area contributed by atoms with Crippen LogP contribution in [0.25, 0.3) is 10.4 Å². The fourth-order valence-corrected chi connectivity index (χ4v) is 5.46. The van der Waals surface area contributed by atoms with E-state index in [9.17, 15) is 9.59 Å². The molecule has 1 saturated heterocycles. The normalized spacial score (nSPS) is 15.0. The topological polar surface area (TPSA) is 67.2 Å². The Kier molecular flexibility index (Phi) is 6.64. The Labute approximate surface area is 203 Å². The maximum Gasteiger partial charge on any atom is 0.285 e. The first kappa shape index (κ1) is 23.5. The molecule has 1 amide bonds. The van der Waals surface area contributed by atoms with E-state index in [2.05, 4.69) is 10.3 Å². The third-order valence-corrected chi connectivity index (χ3v) is 7.47. The van der Waals surface area contributed by atoms with Crippen molar-refractivity contribution < 1.29 is 4.79 Å². The van der Waals surface area contributed by atoms with Gasteiger partial charge in [0.1, 0.15) is 10.8 Å². The molecule has 0 bridgehead atoms. The second-order valence-electron chi connectivity index (χ2n) is 9.46. The van der Waals surface area contributed by atoms with Crippen LogP contribution in [0.5, 0.6) is 0 Å². The molecule has 8 heteroatoms. The van der Waals surface area contributed by atoms with E-state index in [0.717, 1.165) is 29.0 Å². The van der Waals surface area contributed by atoms with Crippen molar-refractivity contribution in [3.63, 3.8) is 0 Å². The van der Waals surface area contributed by atoms with Crippen LogP contribution in [0.15, 0.2) is 47.3 Å². The zero-order chi connectivity index (χ0) is 23.8. The summed E-state index contributed by atoms with van der Waals surface area (Å²) < 4.78 is 1.84. The van der Waals surface area contributed by atoms with Gasteiger partial charge in [-0.05, 0) is 58.2 Å². The van der Waals surface area contributed by atoms with Crippen LogP contribution in [0.3, 0.4) is 0 Å². The van der Waals surface area contributed by atoms with E-state index in [0.29, 0.717) is 29.5 Å². The summed E-state index contributed by atoms with van der Waals surface area (Å²) in [6, 6.07) is 13.5. The molecular formula is C25H29ClN4O2S. The van der Waals surface area contributed by atoms with E-state index in [1.54, 1.807) is 12.1 Å². The van der Waals surface area contributed by atoms with Crippen LogP contribution in [0.2, 0.25) is 5.15 Å². The number of nitrogens with zero attached hydrogens (tertiary/aromatic N) is 3. The molecule has 0 atom stereocenters. The van der Waals surface area contributed by atoms with E-state index in [-0.39, 0.29) is 23.0 Å². The van der Waals surface area contributed by atoms with Crippen LogP contribution in [0.1, 0.15) is 49.7 Å². The fraction of sp³-hybridized carbons (Fsp3) is 0.400. The number of aryl methyl sites for hydroxylation is 1. The number of likely N-dealkylation sites (tertiary alicyclic amines) is 1. The molecule has 1 aliphatic heterocycles. The number of aromatic nitrogens is 2. The summed E-state index contributed by atoms with van der Waals surface area (Å²) in [6.07, 6.45) is 1.53. The number of halogens is 1. The number of amides is 1.